The summed E-state index contributed by atoms with van der Waals surface area (Å²) < 4.78 is 0. The van der Waals surface area contributed by atoms with Crippen LogP contribution in [0.25, 0.3) is 0 Å². The summed E-state index contributed by atoms with van der Waals surface area (Å²) in [5, 5.41) is 0.777. The van der Waals surface area contributed by atoms with Crippen molar-refractivity contribution in [3.05, 3.63) is 34.9 Å². The third-order valence-electron chi connectivity index (χ3n) is 2.91. The molecule has 0 aliphatic carbocycles. The summed E-state index contributed by atoms with van der Waals surface area (Å²) in [5.74, 6) is 6.13. The van der Waals surface area contributed by atoms with Crippen molar-refractivity contribution in [2.24, 2.45) is 11.8 Å². The van der Waals surface area contributed by atoms with Crippen molar-refractivity contribution in [1.29, 1.82) is 0 Å². The van der Waals surface area contributed by atoms with E-state index in [1.807, 2.05) is 12.1 Å². The number of hydrogen-bond acceptors (Lipinski definition) is 2. The predicted molar refractivity (Wildman–Crippen MR) is 65.7 cm³/mol. The third kappa shape index (κ3) is 3.82. The molecule has 0 aromatic heterocycles. The van der Waals surface area contributed by atoms with Crippen LogP contribution in [0, 0.1) is 5.92 Å². The fraction of sp³-hybridized carbons (Fsp3) is 0.500. The minimum absolute atomic E-state index is 0.330. The summed E-state index contributed by atoms with van der Waals surface area (Å²) in [5.41, 5.74) is 4.15. The summed E-state index contributed by atoms with van der Waals surface area (Å²) in [7, 11) is 0. The minimum Gasteiger partial charge on any atom is -0.271 e. The van der Waals surface area contributed by atoms with Crippen LogP contribution in [0.2, 0.25) is 5.02 Å². The van der Waals surface area contributed by atoms with Gasteiger partial charge in [0.2, 0.25) is 0 Å². The molecule has 3 heteroatoms. The van der Waals surface area contributed by atoms with Crippen LogP contribution in [0.15, 0.2) is 24.3 Å². The lowest BCUT2D eigenvalue weighted by molar-refractivity contribution is 0.370. The van der Waals surface area contributed by atoms with E-state index in [9.17, 15) is 0 Å². The first-order valence-electron chi connectivity index (χ1n) is 5.38. The Morgan fingerprint density at radius 2 is 1.93 bits per heavy atom. The van der Waals surface area contributed by atoms with Gasteiger partial charge in [-0.1, -0.05) is 44.0 Å². The van der Waals surface area contributed by atoms with E-state index in [0.29, 0.717) is 12.0 Å². The van der Waals surface area contributed by atoms with Crippen molar-refractivity contribution in [2.45, 2.75) is 32.7 Å². The van der Waals surface area contributed by atoms with Crippen LogP contribution in [0.4, 0.5) is 0 Å². The van der Waals surface area contributed by atoms with Gasteiger partial charge < -0.3 is 0 Å². The van der Waals surface area contributed by atoms with Crippen molar-refractivity contribution in [3.8, 4) is 0 Å². The molecular formula is C12H19ClN2. The van der Waals surface area contributed by atoms with Gasteiger partial charge in [0.25, 0.3) is 0 Å². The first kappa shape index (κ1) is 12.5. The van der Waals surface area contributed by atoms with E-state index in [4.69, 9.17) is 17.4 Å². The van der Waals surface area contributed by atoms with Gasteiger partial charge in [-0.05, 0) is 30.0 Å². The Balaban J connectivity index is 2.62. The molecule has 84 valence electrons. The zero-order valence-electron chi connectivity index (χ0n) is 9.33. The van der Waals surface area contributed by atoms with Gasteiger partial charge in [0.1, 0.15) is 0 Å². The molecular weight excluding hydrogens is 208 g/mol. The van der Waals surface area contributed by atoms with Crippen LogP contribution in [-0.4, -0.2) is 6.04 Å². The largest absolute Gasteiger partial charge is 0.271 e. The van der Waals surface area contributed by atoms with Gasteiger partial charge in [-0.2, -0.15) is 0 Å². The minimum atomic E-state index is 0.330. The molecule has 0 aliphatic rings. The smallest absolute Gasteiger partial charge is 0.0406 e. The lowest BCUT2D eigenvalue weighted by atomic mass is 9.94. The van der Waals surface area contributed by atoms with Gasteiger partial charge in [-0.25, -0.2) is 0 Å². The number of nitrogens with one attached hydrogen (secondary N) is 1. The maximum Gasteiger partial charge on any atom is 0.0406 e. The number of halogens is 1. The molecule has 0 radical (unpaired) electrons. The lowest BCUT2D eigenvalue weighted by Crippen LogP contribution is -2.41. The van der Waals surface area contributed by atoms with Crippen LogP contribution >= 0.6 is 11.6 Å². The number of hydrogen-bond donors (Lipinski definition) is 2. The number of benzene rings is 1. The Kier molecular flexibility index (Phi) is 5.09. The molecule has 0 spiro atoms. The Morgan fingerprint density at radius 1 is 1.33 bits per heavy atom. The van der Waals surface area contributed by atoms with Gasteiger partial charge in [0.15, 0.2) is 0 Å². The topological polar surface area (TPSA) is 38.0 Å². The van der Waals surface area contributed by atoms with E-state index in [1.165, 1.54) is 5.56 Å². The second-order valence-corrected chi connectivity index (χ2v) is 4.43. The van der Waals surface area contributed by atoms with Crippen molar-refractivity contribution in [1.82, 2.24) is 5.43 Å². The molecule has 2 nitrogen and oxygen atoms in total. The molecule has 0 heterocycles. The summed E-state index contributed by atoms with van der Waals surface area (Å²) in [6.45, 7) is 4.39. The molecule has 1 rings (SSSR count). The SMILES string of the molecule is CCC(C)C(Cc1ccc(Cl)cc1)NN. The summed E-state index contributed by atoms with van der Waals surface area (Å²) in [6, 6.07) is 8.27. The summed E-state index contributed by atoms with van der Waals surface area (Å²) in [4.78, 5) is 0. The van der Waals surface area contributed by atoms with Crippen molar-refractivity contribution >= 4 is 11.6 Å². The number of hydrazine groups is 1. The first-order valence-corrected chi connectivity index (χ1v) is 5.75. The fourth-order valence-electron chi connectivity index (χ4n) is 1.58. The highest BCUT2D eigenvalue weighted by Crippen LogP contribution is 2.15. The standard InChI is InChI=1S/C12H19ClN2/c1-3-9(2)12(15-14)8-10-4-6-11(13)7-5-10/h4-7,9,12,15H,3,8,14H2,1-2H3. The Hall–Kier alpha value is -0.570. The fourth-order valence-corrected chi connectivity index (χ4v) is 1.71. The Morgan fingerprint density at radius 3 is 2.40 bits per heavy atom. The van der Waals surface area contributed by atoms with Crippen LogP contribution < -0.4 is 11.3 Å². The normalized spacial score (nSPS) is 14.9. The van der Waals surface area contributed by atoms with Gasteiger partial charge in [0, 0.05) is 11.1 Å². The number of rotatable bonds is 5. The average Bonchev–Trinajstić information content (AvgIpc) is 2.27. The molecule has 2 atom stereocenters. The van der Waals surface area contributed by atoms with Crippen molar-refractivity contribution in [3.63, 3.8) is 0 Å². The molecule has 3 N–H and O–H groups in total. The van der Waals surface area contributed by atoms with Gasteiger partial charge >= 0.3 is 0 Å². The maximum absolute atomic E-state index is 5.83. The first-order chi connectivity index (χ1) is 7.17. The molecule has 0 saturated carbocycles. The highest BCUT2D eigenvalue weighted by Gasteiger charge is 2.14. The maximum atomic E-state index is 5.83. The van der Waals surface area contributed by atoms with Crippen molar-refractivity contribution in [2.75, 3.05) is 0 Å². The second kappa shape index (κ2) is 6.11. The zero-order valence-corrected chi connectivity index (χ0v) is 10.1. The molecule has 1 aromatic rings. The van der Waals surface area contributed by atoms with Crippen LogP contribution in [0.5, 0.6) is 0 Å². The van der Waals surface area contributed by atoms with Crippen LogP contribution in [0.3, 0.4) is 0 Å². The number of nitrogens with two attached hydrogens (primary N) is 1. The zero-order chi connectivity index (χ0) is 11.3. The highest BCUT2D eigenvalue weighted by atomic mass is 35.5. The molecule has 0 amide bonds. The van der Waals surface area contributed by atoms with E-state index in [1.54, 1.807) is 0 Å². The third-order valence-corrected chi connectivity index (χ3v) is 3.17. The summed E-state index contributed by atoms with van der Waals surface area (Å²) in [6.07, 6.45) is 2.07. The predicted octanol–water partition coefficient (Wildman–Crippen LogP) is 2.76. The second-order valence-electron chi connectivity index (χ2n) is 3.99. The van der Waals surface area contributed by atoms with Gasteiger partial charge in [0.05, 0.1) is 0 Å². The summed E-state index contributed by atoms with van der Waals surface area (Å²) >= 11 is 5.83. The van der Waals surface area contributed by atoms with Crippen LogP contribution in [0.1, 0.15) is 25.8 Å². The molecule has 15 heavy (non-hydrogen) atoms. The van der Waals surface area contributed by atoms with E-state index in [-0.39, 0.29) is 0 Å². The molecule has 1 aromatic carbocycles. The Bertz CT molecular complexity index is 284. The van der Waals surface area contributed by atoms with E-state index < -0.39 is 0 Å². The van der Waals surface area contributed by atoms with E-state index in [0.717, 1.165) is 17.9 Å². The lowest BCUT2D eigenvalue weighted by Gasteiger charge is -2.22. The monoisotopic (exact) mass is 226 g/mol. The molecule has 0 aliphatic heterocycles. The quantitative estimate of drug-likeness (QED) is 0.599. The van der Waals surface area contributed by atoms with Gasteiger partial charge in [-0.3, -0.25) is 11.3 Å². The highest BCUT2D eigenvalue weighted by molar-refractivity contribution is 6.30. The van der Waals surface area contributed by atoms with E-state index >= 15 is 0 Å². The average molecular weight is 227 g/mol. The van der Waals surface area contributed by atoms with Crippen LogP contribution in [-0.2, 0) is 6.42 Å². The molecule has 0 bridgehead atoms. The molecule has 2 unspecified atom stereocenters. The van der Waals surface area contributed by atoms with E-state index in [2.05, 4.69) is 31.4 Å². The van der Waals surface area contributed by atoms with Crippen molar-refractivity contribution < 1.29 is 0 Å². The Labute approximate surface area is 96.8 Å². The van der Waals surface area contributed by atoms with Gasteiger partial charge in [-0.15, -0.1) is 0 Å². The molecule has 0 saturated heterocycles. The molecule has 0 fully saturated rings.